The van der Waals surface area contributed by atoms with Crippen molar-refractivity contribution in [2.75, 3.05) is 13.2 Å². The molecule has 0 aliphatic heterocycles. The molecule has 0 radical (unpaired) electrons. The van der Waals surface area contributed by atoms with E-state index in [1.54, 1.807) is 6.07 Å². The normalized spacial score (nSPS) is 13.5. The molecule has 0 aromatic heterocycles. The molecule has 1 rings (SSSR count). The van der Waals surface area contributed by atoms with Gasteiger partial charge in [0.1, 0.15) is 18.2 Å². The van der Waals surface area contributed by atoms with Crippen molar-refractivity contribution >= 4 is 11.6 Å². The molecule has 100 valence electrons. The predicted octanol–water partition coefficient (Wildman–Crippen LogP) is 4.02. The Bertz CT molecular complexity index is 420. The second-order valence-electron chi connectivity index (χ2n) is 4.21. The number of rotatable bonds is 6. The molecule has 0 saturated heterocycles. The summed E-state index contributed by atoms with van der Waals surface area (Å²) in [7, 11) is 0. The van der Waals surface area contributed by atoms with E-state index in [1.807, 2.05) is 20.8 Å². The number of hydrogen-bond donors (Lipinski definition) is 1. The molecule has 0 aliphatic rings. The third kappa shape index (κ3) is 4.31. The monoisotopic (exact) mass is 271 g/mol. The molecule has 0 aliphatic carbocycles. The summed E-state index contributed by atoms with van der Waals surface area (Å²) in [5.41, 5.74) is 3.30. The van der Waals surface area contributed by atoms with Crippen LogP contribution in [0.4, 0.5) is 4.39 Å². The van der Waals surface area contributed by atoms with E-state index < -0.39 is 0 Å². The minimum atomic E-state index is -0.301. The lowest BCUT2D eigenvalue weighted by atomic mass is 10.1. The van der Waals surface area contributed by atoms with E-state index in [0.717, 1.165) is 17.7 Å². The van der Waals surface area contributed by atoms with Crippen molar-refractivity contribution in [3.05, 3.63) is 40.7 Å². The molecule has 1 N–H and O–H groups in total. The highest BCUT2D eigenvalue weighted by Crippen LogP contribution is 2.26. The lowest BCUT2D eigenvalue weighted by Crippen LogP contribution is -2.18. The zero-order chi connectivity index (χ0) is 13.5. The van der Waals surface area contributed by atoms with Gasteiger partial charge in [-0.3, -0.25) is 0 Å². The fourth-order valence-electron chi connectivity index (χ4n) is 1.63. The molecule has 1 unspecified atom stereocenters. The third-order valence-corrected chi connectivity index (χ3v) is 2.97. The Morgan fingerprint density at radius 2 is 2.28 bits per heavy atom. The Hall–Kier alpha value is -1.06. The molecule has 1 atom stereocenters. The largest absolute Gasteiger partial charge is 0.489 e. The third-order valence-electron chi connectivity index (χ3n) is 2.59. The quantitative estimate of drug-likeness (QED) is 0.844. The molecule has 0 saturated carbocycles. The van der Waals surface area contributed by atoms with Crippen LogP contribution in [0.5, 0.6) is 5.75 Å². The van der Waals surface area contributed by atoms with Gasteiger partial charge in [0, 0.05) is 23.2 Å². The summed E-state index contributed by atoms with van der Waals surface area (Å²) in [5.74, 6) is 0.256. The summed E-state index contributed by atoms with van der Waals surface area (Å²) in [5, 5.41) is 3.28. The number of benzene rings is 1. The Kier molecular flexibility index (Phi) is 6.16. The van der Waals surface area contributed by atoms with Crippen LogP contribution in [-0.2, 0) is 0 Å². The molecule has 0 heterocycles. The smallest absolute Gasteiger partial charge is 0.127 e. The van der Waals surface area contributed by atoms with E-state index in [1.165, 1.54) is 17.7 Å². The second-order valence-corrected chi connectivity index (χ2v) is 4.42. The maximum Gasteiger partial charge on any atom is 0.127 e. The van der Waals surface area contributed by atoms with Crippen molar-refractivity contribution < 1.29 is 9.13 Å². The first-order chi connectivity index (χ1) is 8.58. The van der Waals surface area contributed by atoms with Crippen LogP contribution in [0.2, 0.25) is 0 Å². The number of hydrogen-bond acceptors (Lipinski definition) is 2. The highest BCUT2D eigenvalue weighted by atomic mass is 35.5. The van der Waals surface area contributed by atoms with Crippen LogP contribution in [0.25, 0.3) is 0 Å². The van der Waals surface area contributed by atoms with E-state index in [0.29, 0.717) is 12.4 Å². The van der Waals surface area contributed by atoms with Crippen molar-refractivity contribution in [3.8, 4) is 5.75 Å². The molecular weight excluding hydrogens is 253 g/mol. The van der Waals surface area contributed by atoms with Crippen LogP contribution < -0.4 is 10.1 Å². The van der Waals surface area contributed by atoms with Gasteiger partial charge in [-0.1, -0.05) is 24.6 Å². The lowest BCUT2D eigenvalue weighted by molar-refractivity contribution is 0.342. The molecule has 18 heavy (non-hydrogen) atoms. The first-order valence-electron chi connectivity index (χ1n) is 6.00. The van der Waals surface area contributed by atoms with Gasteiger partial charge in [-0.15, -0.1) is 0 Å². The number of halogens is 2. The van der Waals surface area contributed by atoms with Gasteiger partial charge in [-0.05, 0) is 32.0 Å². The average molecular weight is 272 g/mol. The highest BCUT2D eigenvalue weighted by molar-refractivity contribution is 6.25. The maximum atomic E-state index is 13.3. The fraction of sp³-hybridized carbons (Fsp3) is 0.429. The van der Waals surface area contributed by atoms with Crippen molar-refractivity contribution in [2.24, 2.45) is 0 Å². The van der Waals surface area contributed by atoms with E-state index in [-0.39, 0.29) is 11.9 Å². The van der Waals surface area contributed by atoms with E-state index >= 15 is 0 Å². The van der Waals surface area contributed by atoms with Crippen LogP contribution in [0.3, 0.4) is 0 Å². The van der Waals surface area contributed by atoms with Gasteiger partial charge in [0.15, 0.2) is 0 Å². The fourth-order valence-corrected chi connectivity index (χ4v) is 1.69. The average Bonchev–Trinajstić information content (AvgIpc) is 2.36. The van der Waals surface area contributed by atoms with Crippen LogP contribution in [0.15, 0.2) is 29.3 Å². The SMILES string of the molecule is CCNC(C)c1ccc(F)cc1OC/C(C)=C/Cl. The van der Waals surface area contributed by atoms with Crippen molar-refractivity contribution in [1.82, 2.24) is 5.32 Å². The molecule has 1 aromatic carbocycles. The molecule has 0 amide bonds. The first-order valence-corrected chi connectivity index (χ1v) is 6.43. The van der Waals surface area contributed by atoms with Crippen molar-refractivity contribution in [2.45, 2.75) is 26.8 Å². The van der Waals surface area contributed by atoms with Gasteiger partial charge in [0.25, 0.3) is 0 Å². The lowest BCUT2D eigenvalue weighted by Gasteiger charge is -2.17. The van der Waals surface area contributed by atoms with Gasteiger partial charge < -0.3 is 10.1 Å². The number of nitrogens with one attached hydrogen (secondary N) is 1. The number of ether oxygens (including phenoxy) is 1. The zero-order valence-electron chi connectivity index (χ0n) is 11.0. The van der Waals surface area contributed by atoms with Crippen LogP contribution in [-0.4, -0.2) is 13.2 Å². The summed E-state index contributed by atoms with van der Waals surface area (Å²) in [6, 6.07) is 4.72. The Morgan fingerprint density at radius 3 is 2.89 bits per heavy atom. The maximum absolute atomic E-state index is 13.3. The van der Waals surface area contributed by atoms with Crippen LogP contribution >= 0.6 is 11.6 Å². The summed E-state index contributed by atoms with van der Waals surface area (Å²) >= 11 is 5.57. The minimum Gasteiger partial charge on any atom is -0.489 e. The van der Waals surface area contributed by atoms with Gasteiger partial charge in [-0.25, -0.2) is 4.39 Å². The highest BCUT2D eigenvalue weighted by Gasteiger charge is 2.12. The Labute approximate surface area is 113 Å². The molecule has 2 nitrogen and oxygen atoms in total. The Balaban J connectivity index is 2.89. The van der Waals surface area contributed by atoms with Gasteiger partial charge >= 0.3 is 0 Å². The van der Waals surface area contributed by atoms with Gasteiger partial charge in [0.2, 0.25) is 0 Å². The van der Waals surface area contributed by atoms with Crippen LogP contribution in [0, 0.1) is 5.82 Å². The van der Waals surface area contributed by atoms with E-state index in [4.69, 9.17) is 16.3 Å². The minimum absolute atomic E-state index is 0.117. The topological polar surface area (TPSA) is 21.3 Å². The summed E-state index contributed by atoms with van der Waals surface area (Å²) in [4.78, 5) is 0. The summed E-state index contributed by atoms with van der Waals surface area (Å²) in [6.45, 7) is 7.12. The summed E-state index contributed by atoms with van der Waals surface area (Å²) < 4.78 is 18.9. The molecule has 0 bridgehead atoms. The molecule has 0 spiro atoms. The van der Waals surface area contributed by atoms with Crippen LogP contribution in [0.1, 0.15) is 32.4 Å². The van der Waals surface area contributed by atoms with Gasteiger partial charge in [0.05, 0.1) is 0 Å². The molecular formula is C14H19ClFNO. The standard InChI is InChI=1S/C14H19ClFNO/c1-4-17-11(3)13-6-5-12(16)7-14(13)18-9-10(2)8-15/h5-8,11,17H,4,9H2,1-3H3/b10-8+. The molecule has 0 fully saturated rings. The van der Waals surface area contributed by atoms with Crippen molar-refractivity contribution in [1.29, 1.82) is 0 Å². The van der Waals surface area contributed by atoms with Gasteiger partial charge in [-0.2, -0.15) is 0 Å². The van der Waals surface area contributed by atoms with E-state index in [9.17, 15) is 4.39 Å². The molecule has 4 heteroatoms. The van der Waals surface area contributed by atoms with E-state index in [2.05, 4.69) is 5.32 Å². The zero-order valence-corrected chi connectivity index (χ0v) is 11.7. The first kappa shape index (κ1) is 15.0. The Morgan fingerprint density at radius 1 is 1.56 bits per heavy atom. The second kappa shape index (κ2) is 7.39. The summed E-state index contributed by atoms with van der Waals surface area (Å²) in [6.07, 6.45) is 0. The van der Waals surface area contributed by atoms with Crippen molar-refractivity contribution in [3.63, 3.8) is 0 Å². The predicted molar refractivity (Wildman–Crippen MR) is 73.6 cm³/mol. The molecule has 1 aromatic rings.